The van der Waals surface area contributed by atoms with Crippen molar-refractivity contribution in [1.29, 1.82) is 0 Å². The van der Waals surface area contributed by atoms with E-state index in [4.69, 9.17) is 16.3 Å². The lowest BCUT2D eigenvalue weighted by atomic mass is 10.1. The summed E-state index contributed by atoms with van der Waals surface area (Å²) in [6, 6.07) is 12.1. The monoisotopic (exact) mass is 333 g/mol. The molecule has 0 amide bonds. The van der Waals surface area contributed by atoms with Crippen LogP contribution in [0.1, 0.15) is 0 Å². The highest BCUT2D eigenvalue weighted by Crippen LogP contribution is 2.34. The molecule has 2 aromatic carbocycles. The summed E-state index contributed by atoms with van der Waals surface area (Å²) >= 11 is 10.4. The minimum absolute atomic E-state index is 0.112. The number of nitrogens with zero attached hydrogens (tertiary/aromatic N) is 3. The summed E-state index contributed by atoms with van der Waals surface area (Å²) in [6.45, 7) is 0. The van der Waals surface area contributed by atoms with Gasteiger partial charge in [0.2, 0.25) is 0 Å². The Morgan fingerprint density at radius 2 is 2.00 bits per heavy atom. The first kappa shape index (κ1) is 14.7. The third-order valence-corrected chi connectivity index (χ3v) is 3.66. The Labute approximate surface area is 137 Å². The summed E-state index contributed by atoms with van der Waals surface area (Å²) in [6.07, 6.45) is 0. The zero-order chi connectivity index (χ0) is 15.7. The van der Waals surface area contributed by atoms with Crippen LogP contribution >= 0.6 is 24.2 Å². The van der Waals surface area contributed by atoms with Crippen LogP contribution in [0.2, 0.25) is 5.02 Å². The molecule has 0 aliphatic rings. The molecule has 1 aromatic heterocycles. The number of halogens is 1. The van der Waals surface area contributed by atoms with Gasteiger partial charge < -0.3 is 9.84 Å². The number of rotatable bonds is 3. The minimum Gasteiger partial charge on any atom is -0.508 e. The summed E-state index contributed by atoms with van der Waals surface area (Å²) in [7, 11) is 1.53. The molecule has 0 atom stereocenters. The van der Waals surface area contributed by atoms with Crippen LogP contribution in [-0.4, -0.2) is 27.0 Å². The second-order valence-electron chi connectivity index (χ2n) is 4.52. The fourth-order valence-electron chi connectivity index (χ4n) is 2.17. The zero-order valence-electron chi connectivity index (χ0n) is 11.6. The summed E-state index contributed by atoms with van der Waals surface area (Å²) in [4.78, 5) is 0. The van der Waals surface area contributed by atoms with Crippen LogP contribution in [-0.2, 0) is 0 Å². The molecule has 1 N–H and O–H groups in total. The van der Waals surface area contributed by atoms with Gasteiger partial charge >= 0.3 is 0 Å². The van der Waals surface area contributed by atoms with Gasteiger partial charge in [-0.05, 0) is 30.3 Å². The molecule has 0 fully saturated rings. The van der Waals surface area contributed by atoms with Crippen molar-refractivity contribution in [2.75, 3.05) is 7.11 Å². The lowest BCUT2D eigenvalue weighted by Crippen LogP contribution is -1.99. The van der Waals surface area contributed by atoms with Gasteiger partial charge in [-0.2, -0.15) is 0 Å². The van der Waals surface area contributed by atoms with Gasteiger partial charge in [0.15, 0.2) is 11.0 Å². The Hall–Kier alpha value is -2.18. The number of aromatic nitrogens is 3. The van der Waals surface area contributed by atoms with Gasteiger partial charge in [0.1, 0.15) is 11.5 Å². The van der Waals surface area contributed by atoms with Crippen LogP contribution in [0.4, 0.5) is 0 Å². The molecule has 5 nitrogen and oxygen atoms in total. The number of phenols is 1. The van der Waals surface area contributed by atoms with Crippen LogP contribution in [0.25, 0.3) is 17.1 Å². The first-order chi connectivity index (χ1) is 10.6. The molecule has 112 valence electrons. The smallest absolute Gasteiger partial charge is 0.193 e. The lowest BCUT2D eigenvalue weighted by molar-refractivity contribution is 0.409. The third-order valence-electron chi connectivity index (χ3n) is 3.14. The number of hydrogen-bond acceptors (Lipinski definition) is 5. The van der Waals surface area contributed by atoms with Crippen LogP contribution < -0.4 is 4.74 Å². The summed E-state index contributed by atoms with van der Waals surface area (Å²) in [5.74, 6) is 1.15. The van der Waals surface area contributed by atoms with Crippen LogP contribution in [0.5, 0.6) is 11.5 Å². The largest absolute Gasteiger partial charge is 0.508 e. The van der Waals surface area contributed by atoms with Crippen molar-refractivity contribution in [2.24, 2.45) is 0 Å². The first-order valence-electron chi connectivity index (χ1n) is 6.38. The van der Waals surface area contributed by atoms with Crippen molar-refractivity contribution >= 4 is 24.2 Å². The molecule has 0 bridgehead atoms. The lowest BCUT2D eigenvalue weighted by Gasteiger charge is -2.11. The number of benzene rings is 2. The maximum atomic E-state index is 9.59. The van der Waals surface area contributed by atoms with Crippen molar-refractivity contribution in [3.05, 3.63) is 47.5 Å². The second-order valence-corrected chi connectivity index (χ2v) is 5.36. The van der Waals surface area contributed by atoms with Crippen LogP contribution in [0, 0.1) is 0 Å². The molecule has 0 aliphatic heterocycles. The van der Waals surface area contributed by atoms with E-state index in [2.05, 4.69) is 22.8 Å². The Morgan fingerprint density at radius 3 is 2.73 bits per heavy atom. The summed E-state index contributed by atoms with van der Waals surface area (Å²) < 4.78 is 7.07. The molecular formula is C15H12ClN3O2S. The van der Waals surface area contributed by atoms with Gasteiger partial charge in [0.25, 0.3) is 0 Å². The van der Waals surface area contributed by atoms with Crippen LogP contribution in [0.3, 0.4) is 0 Å². The SMILES string of the molecule is COc1cc(O)ccc1-c1nnc(S)n1-c1cccc(Cl)c1. The Kier molecular flexibility index (Phi) is 3.96. The maximum Gasteiger partial charge on any atom is 0.193 e. The van der Waals surface area contributed by atoms with E-state index in [1.54, 1.807) is 28.8 Å². The quantitative estimate of drug-likeness (QED) is 0.719. The number of methoxy groups -OCH3 is 1. The highest BCUT2D eigenvalue weighted by Gasteiger charge is 2.17. The van der Waals surface area contributed by atoms with E-state index in [1.165, 1.54) is 13.2 Å². The molecule has 0 unspecified atom stereocenters. The molecule has 0 spiro atoms. The maximum absolute atomic E-state index is 9.59. The van der Waals surface area contributed by atoms with Gasteiger partial charge in [0.05, 0.1) is 18.4 Å². The number of thiol groups is 1. The number of phenolic OH excluding ortho intramolecular Hbond substituents is 1. The van der Waals surface area contributed by atoms with E-state index in [1.807, 2.05) is 12.1 Å². The van der Waals surface area contributed by atoms with E-state index in [-0.39, 0.29) is 5.75 Å². The summed E-state index contributed by atoms with van der Waals surface area (Å²) in [5, 5.41) is 18.8. The average Bonchev–Trinajstić information content (AvgIpc) is 2.88. The molecule has 3 rings (SSSR count). The predicted octanol–water partition coefficient (Wildman–Crippen LogP) is 3.59. The number of hydrogen-bond donors (Lipinski definition) is 2. The normalized spacial score (nSPS) is 10.7. The molecule has 3 aromatic rings. The van der Waals surface area contributed by atoms with Crippen molar-refractivity contribution < 1.29 is 9.84 Å². The fourth-order valence-corrected chi connectivity index (χ4v) is 2.61. The highest BCUT2D eigenvalue weighted by molar-refractivity contribution is 7.80. The second kappa shape index (κ2) is 5.90. The molecule has 22 heavy (non-hydrogen) atoms. The first-order valence-corrected chi connectivity index (χ1v) is 7.20. The minimum atomic E-state index is 0.112. The standard InChI is InChI=1S/C15H12ClN3O2S/c1-21-13-8-11(20)5-6-12(13)14-17-18-15(22)19(14)10-4-2-3-9(16)7-10/h2-8,20H,1H3,(H,18,22). The highest BCUT2D eigenvalue weighted by atomic mass is 35.5. The Balaban J connectivity index is 2.22. The number of aromatic hydroxyl groups is 1. The van der Waals surface area contributed by atoms with Gasteiger partial charge in [-0.3, -0.25) is 4.57 Å². The summed E-state index contributed by atoms with van der Waals surface area (Å²) in [5.41, 5.74) is 1.47. The van der Waals surface area contributed by atoms with Gasteiger partial charge in [-0.1, -0.05) is 17.7 Å². The van der Waals surface area contributed by atoms with E-state index >= 15 is 0 Å². The molecular weight excluding hydrogens is 322 g/mol. The molecule has 7 heteroatoms. The third kappa shape index (κ3) is 2.63. The molecule has 0 radical (unpaired) electrons. The van der Waals surface area contributed by atoms with Crippen molar-refractivity contribution in [3.63, 3.8) is 0 Å². The number of ether oxygens (including phenoxy) is 1. The van der Waals surface area contributed by atoms with Crippen molar-refractivity contribution in [1.82, 2.24) is 14.8 Å². The molecule has 0 aliphatic carbocycles. The fraction of sp³-hybridized carbons (Fsp3) is 0.0667. The van der Waals surface area contributed by atoms with Gasteiger partial charge in [-0.25, -0.2) is 0 Å². The Bertz CT molecular complexity index is 835. The molecule has 1 heterocycles. The van der Waals surface area contributed by atoms with Gasteiger partial charge in [0, 0.05) is 11.1 Å². The van der Waals surface area contributed by atoms with Gasteiger partial charge in [-0.15, -0.1) is 22.8 Å². The predicted molar refractivity (Wildman–Crippen MR) is 87.3 cm³/mol. The van der Waals surface area contributed by atoms with E-state index < -0.39 is 0 Å². The van der Waals surface area contributed by atoms with E-state index in [9.17, 15) is 5.11 Å². The molecule has 0 saturated heterocycles. The van der Waals surface area contributed by atoms with Crippen molar-refractivity contribution in [2.45, 2.75) is 5.16 Å². The van der Waals surface area contributed by atoms with E-state index in [0.717, 1.165) is 5.69 Å². The molecule has 0 saturated carbocycles. The average molecular weight is 334 g/mol. The van der Waals surface area contributed by atoms with Crippen molar-refractivity contribution in [3.8, 4) is 28.6 Å². The zero-order valence-corrected chi connectivity index (χ0v) is 13.2. The van der Waals surface area contributed by atoms with Crippen LogP contribution in [0.15, 0.2) is 47.6 Å². The topological polar surface area (TPSA) is 60.2 Å². The van der Waals surface area contributed by atoms with E-state index in [0.29, 0.717) is 27.3 Å². The Morgan fingerprint density at radius 1 is 1.18 bits per heavy atom.